The molecule has 2 N–H and O–H groups in total. The first kappa shape index (κ1) is 8.05. The first-order chi connectivity index (χ1) is 6.18. The highest BCUT2D eigenvalue weighted by Gasteiger charge is 2.00. The van der Waals surface area contributed by atoms with Crippen LogP contribution in [0.3, 0.4) is 0 Å². The zero-order chi connectivity index (χ0) is 9.42. The molecule has 2 nitrogen and oxygen atoms in total. The molecule has 0 saturated carbocycles. The number of aromatic nitrogens is 1. The highest BCUT2D eigenvalue weighted by atomic mass is 14.7. The first-order valence-electron chi connectivity index (χ1n) is 4.30. The molecule has 1 aromatic carbocycles. The second-order valence-corrected chi connectivity index (χ2v) is 3.34. The quantitative estimate of drug-likeness (QED) is 0.620. The number of anilines is 1. The summed E-state index contributed by atoms with van der Waals surface area (Å²) in [6.45, 7) is 4.07. The Morgan fingerprint density at radius 1 is 1.15 bits per heavy atom. The van der Waals surface area contributed by atoms with Crippen molar-refractivity contribution >= 4 is 16.5 Å². The number of nitrogens with two attached hydrogens (primary N) is 1. The molecule has 2 aromatic rings. The normalized spacial score (nSPS) is 10.6. The lowest BCUT2D eigenvalue weighted by Crippen LogP contribution is -1.90. The van der Waals surface area contributed by atoms with Crippen LogP contribution in [-0.2, 0) is 0 Å². The van der Waals surface area contributed by atoms with Crippen LogP contribution in [0, 0.1) is 13.8 Å². The fourth-order valence-corrected chi connectivity index (χ4v) is 1.51. The molecule has 13 heavy (non-hydrogen) atoms. The highest BCUT2D eigenvalue weighted by molar-refractivity contribution is 5.94. The van der Waals surface area contributed by atoms with E-state index in [9.17, 15) is 0 Å². The number of hydrogen-bond donors (Lipinski definition) is 1. The third kappa shape index (κ3) is 1.24. The van der Waals surface area contributed by atoms with Crippen LogP contribution in [0.5, 0.6) is 0 Å². The summed E-state index contributed by atoms with van der Waals surface area (Å²) in [6.07, 6.45) is 1.84. The Morgan fingerprint density at radius 3 is 2.69 bits per heavy atom. The van der Waals surface area contributed by atoms with E-state index >= 15 is 0 Å². The van der Waals surface area contributed by atoms with E-state index in [0.29, 0.717) is 0 Å². The lowest BCUT2D eigenvalue weighted by Gasteiger charge is -2.05. The van der Waals surface area contributed by atoms with E-state index in [1.807, 2.05) is 25.3 Å². The van der Waals surface area contributed by atoms with Crippen LogP contribution in [-0.4, -0.2) is 4.98 Å². The molecule has 0 aliphatic heterocycles. The Bertz CT molecular complexity index is 461. The minimum absolute atomic E-state index is 0.799. The molecule has 0 aliphatic rings. The molecule has 0 spiro atoms. The van der Waals surface area contributed by atoms with Crippen molar-refractivity contribution < 1.29 is 0 Å². The summed E-state index contributed by atoms with van der Waals surface area (Å²) in [6, 6.07) is 6.03. The van der Waals surface area contributed by atoms with Gasteiger partial charge in [0.05, 0.1) is 0 Å². The van der Waals surface area contributed by atoms with E-state index in [1.165, 1.54) is 10.9 Å². The number of nitrogen functional groups attached to an aromatic ring is 1. The molecule has 0 aliphatic carbocycles. The molecule has 0 radical (unpaired) electrons. The van der Waals surface area contributed by atoms with Crippen molar-refractivity contribution in [1.82, 2.24) is 4.98 Å². The number of pyridine rings is 1. The fraction of sp³-hybridized carbons (Fsp3) is 0.182. The predicted molar refractivity (Wildman–Crippen MR) is 55.6 cm³/mol. The SMILES string of the molecule is Cc1cc2c(C)ccc(N)c2cn1. The third-order valence-electron chi connectivity index (χ3n) is 2.29. The molecule has 2 rings (SSSR count). The fourth-order valence-electron chi connectivity index (χ4n) is 1.51. The summed E-state index contributed by atoms with van der Waals surface area (Å²) in [5.74, 6) is 0. The van der Waals surface area contributed by atoms with Gasteiger partial charge in [0.1, 0.15) is 0 Å². The highest BCUT2D eigenvalue weighted by Crippen LogP contribution is 2.23. The van der Waals surface area contributed by atoms with Crippen molar-refractivity contribution in [2.45, 2.75) is 13.8 Å². The maximum Gasteiger partial charge on any atom is 0.0409 e. The predicted octanol–water partition coefficient (Wildman–Crippen LogP) is 2.43. The molecular weight excluding hydrogens is 160 g/mol. The van der Waals surface area contributed by atoms with Gasteiger partial charge in [0.25, 0.3) is 0 Å². The maximum absolute atomic E-state index is 5.84. The largest absolute Gasteiger partial charge is 0.398 e. The summed E-state index contributed by atoms with van der Waals surface area (Å²) in [5, 5.41) is 2.25. The van der Waals surface area contributed by atoms with Crippen molar-refractivity contribution in [3.8, 4) is 0 Å². The minimum atomic E-state index is 0.799. The molecule has 0 atom stereocenters. The van der Waals surface area contributed by atoms with Gasteiger partial charge in [-0.1, -0.05) is 6.07 Å². The Balaban J connectivity index is 2.92. The number of nitrogens with zero attached hydrogens (tertiary/aromatic N) is 1. The molecule has 0 unspecified atom stereocenters. The molecule has 66 valence electrons. The van der Waals surface area contributed by atoms with Crippen LogP contribution in [0.4, 0.5) is 5.69 Å². The Kier molecular flexibility index (Phi) is 1.69. The Morgan fingerprint density at radius 2 is 1.92 bits per heavy atom. The summed E-state index contributed by atoms with van der Waals surface area (Å²) in [7, 11) is 0. The summed E-state index contributed by atoms with van der Waals surface area (Å²) >= 11 is 0. The summed E-state index contributed by atoms with van der Waals surface area (Å²) < 4.78 is 0. The number of benzene rings is 1. The summed E-state index contributed by atoms with van der Waals surface area (Å²) in [4.78, 5) is 4.23. The van der Waals surface area contributed by atoms with Crippen LogP contribution in [0.25, 0.3) is 10.8 Å². The smallest absolute Gasteiger partial charge is 0.0409 e. The van der Waals surface area contributed by atoms with Crippen molar-refractivity contribution in [3.05, 3.63) is 35.7 Å². The lowest BCUT2D eigenvalue weighted by atomic mass is 10.1. The molecule has 1 aromatic heterocycles. The van der Waals surface area contributed by atoms with E-state index in [2.05, 4.69) is 18.0 Å². The van der Waals surface area contributed by atoms with Gasteiger partial charge < -0.3 is 5.73 Å². The van der Waals surface area contributed by atoms with Crippen molar-refractivity contribution in [2.75, 3.05) is 5.73 Å². The number of rotatable bonds is 0. The summed E-state index contributed by atoms with van der Waals surface area (Å²) in [5.41, 5.74) is 8.91. The zero-order valence-electron chi connectivity index (χ0n) is 7.83. The van der Waals surface area contributed by atoms with Crippen LogP contribution < -0.4 is 5.73 Å². The standard InChI is InChI=1S/C11H12N2/c1-7-3-4-11(12)10-6-13-8(2)5-9(7)10/h3-6H,12H2,1-2H3. The molecule has 0 amide bonds. The molecule has 2 heteroatoms. The monoisotopic (exact) mass is 172 g/mol. The second kappa shape index (κ2) is 2.73. The zero-order valence-corrected chi connectivity index (χ0v) is 7.83. The average molecular weight is 172 g/mol. The maximum atomic E-state index is 5.84. The van der Waals surface area contributed by atoms with Gasteiger partial charge in [-0.15, -0.1) is 0 Å². The van der Waals surface area contributed by atoms with E-state index in [1.54, 1.807) is 0 Å². The van der Waals surface area contributed by atoms with Crippen molar-refractivity contribution in [3.63, 3.8) is 0 Å². The lowest BCUT2D eigenvalue weighted by molar-refractivity contribution is 1.22. The van der Waals surface area contributed by atoms with E-state index in [4.69, 9.17) is 5.73 Å². The van der Waals surface area contributed by atoms with Crippen LogP contribution >= 0.6 is 0 Å². The number of fused-ring (bicyclic) bond motifs is 1. The number of aryl methyl sites for hydroxylation is 2. The average Bonchev–Trinajstić information content (AvgIpc) is 2.12. The van der Waals surface area contributed by atoms with Gasteiger partial charge >= 0.3 is 0 Å². The van der Waals surface area contributed by atoms with Gasteiger partial charge in [-0.25, -0.2) is 0 Å². The van der Waals surface area contributed by atoms with Crippen molar-refractivity contribution in [2.24, 2.45) is 0 Å². The van der Waals surface area contributed by atoms with Gasteiger partial charge in [0.2, 0.25) is 0 Å². The molecule has 0 bridgehead atoms. The van der Waals surface area contributed by atoms with Gasteiger partial charge in [0, 0.05) is 23.0 Å². The van der Waals surface area contributed by atoms with E-state index in [-0.39, 0.29) is 0 Å². The van der Waals surface area contributed by atoms with Crippen LogP contribution in [0.15, 0.2) is 24.4 Å². The Labute approximate surface area is 77.4 Å². The number of hydrogen-bond acceptors (Lipinski definition) is 2. The van der Waals surface area contributed by atoms with Gasteiger partial charge in [-0.3, -0.25) is 4.98 Å². The Hall–Kier alpha value is -1.57. The van der Waals surface area contributed by atoms with Crippen LogP contribution in [0.2, 0.25) is 0 Å². The van der Waals surface area contributed by atoms with Gasteiger partial charge in [-0.05, 0) is 36.9 Å². The topological polar surface area (TPSA) is 38.9 Å². The molecular formula is C11H12N2. The van der Waals surface area contributed by atoms with Crippen LogP contribution in [0.1, 0.15) is 11.3 Å². The van der Waals surface area contributed by atoms with E-state index in [0.717, 1.165) is 16.8 Å². The van der Waals surface area contributed by atoms with Gasteiger partial charge in [0.15, 0.2) is 0 Å². The third-order valence-corrected chi connectivity index (χ3v) is 2.29. The first-order valence-corrected chi connectivity index (χ1v) is 4.30. The second-order valence-electron chi connectivity index (χ2n) is 3.34. The van der Waals surface area contributed by atoms with Crippen molar-refractivity contribution in [1.29, 1.82) is 0 Å². The molecule has 0 saturated heterocycles. The van der Waals surface area contributed by atoms with E-state index < -0.39 is 0 Å². The molecule has 0 fully saturated rings. The van der Waals surface area contributed by atoms with Gasteiger partial charge in [-0.2, -0.15) is 0 Å². The molecule has 1 heterocycles. The minimum Gasteiger partial charge on any atom is -0.398 e.